The number of nitrogen functional groups attached to an aromatic ring is 1. The Hall–Kier alpha value is -1.95. The second-order valence-electron chi connectivity index (χ2n) is 4.75. The molecule has 0 saturated carbocycles. The first-order valence-electron chi connectivity index (χ1n) is 7.14. The predicted molar refractivity (Wildman–Crippen MR) is 84.6 cm³/mol. The van der Waals surface area contributed by atoms with Gasteiger partial charge in [0.05, 0.1) is 18.9 Å². The van der Waals surface area contributed by atoms with Crippen molar-refractivity contribution < 1.29 is 14.3 Å². The fourth-order valence-electron chi connectivity index (χ4n) is 1.71. The highest BCUT2D eigenvalue weighted by Gasteiger charge is 2.12. The summed E-state index contributed by atoms with van der Waals surface area (Å²) >= 11 is 0. The molecule has 0 saturated heterocycles. The highest BCUT2D eigenvalue weighted by molar-refractivity contribution is 5.84. The van der Waals surface area contributed by atoms with Gasteiger partial charge in [0.25, 0.3) is 0 Å². The van der Waals surface area contributed by atoms with Crippen LogP contribution in [0.4, 0.5) is 11.4 Å². The lowest BCUT2D eigenvalue weighted by Gasteiger charge is -2.16. The normalized spacial score (nSPS) is 11.8. The van der Waals surface area contributed by atoms with Gasteiger partial charge in [-0.25, -0.2) is 0 Å². The van der Waals surface area contributed by atoms with Crippen molar-refractivity contribution in [2.75, 3.05) is 37.9 Å². The maximum Gasteiger partial charge on any atom is 0.242 e. The van der Waals surface area contributed by atoms with Crippen LogP contribution in [0.5, 0.6) is 5.75 Å². The molecular formula is C15H25N3O3. The van der Waals surface area contributed by atoms with Crippen LogP contribution in [0.1, 0.15) is 20.3 Å². The van der Waals surface area contributed by atoms with Crippen molar-refractivity contribution in [3.05, 3.63) is 18.2 Å². The Balaban J connectivity index is 2.58. The molecule has 21 heavy (non-hydrogen) atoms. The summed E-state index contributed by atoms with van der Waals surface area (Å²) in [6, 6.07) is 5.05. The Morgan fingerprint density at radius 3 is 2.81 bits per heavy atom. The van der Waals surface area contributed by atoms with Crippen molar-refractivity contribution >= 4 is 17.3 Å². The van der Waals surface area contributed by atoms with E-state index in [4.69, 9.17) is 15.2 Å². The topological polar surface area (TPSA) is 85.6 Å². The minimum Gasteiger partial charge on any atom is -0.491 e. The van der Waals surface area contributed by atoms with Crippen LogP contribution >= 0.6 is 0 Å². The molecule has 1 unspecified atom stereocenters. The van der Waals surface area contributed by atoms with Crippen molar-refractivity contribution in [2.24, 2.45) is 0 Å². The lowest BCUT2D eigenvalue weighted by Crippen LogP contribution is -2.39. The van der Waals surface area contributed by atoms with E-state index in [0.29, 0.717) is 31.2 Å². The molecule has 0 aliphatic heterocycles. The van der Waals surface area contributed by atoms with Gasteiger partial charge in [0.2, 0.25) is 5.91 Å². The van der Waals surface area contributed by atoms with Crippen molar-refractivity contribution in [1.29, 1.82) is 0 Å². The molecule has 0 aliphatic carbocycles. The average Bonchev–Trinajstić information content (AvgIpc) is 2.47. The number of carbonyl (C=O) groups is 1. The van der Waals surface area contributed by atoms with E-state index in [1.807, 2.05) is 19.1 Å². The van der Waals surface area contributed by atoms with Crippen LogP contribution < -0.4 is 21.1 Å². The molecule has 0 aromatic heterocycles. The molecule has 0 heterocycles. The van der Waals surface area contributed by atoms with Crippen LogP contribution in [0, 0.1) is 0 Å². The van der Waals surface area contributed by atoms with E-state index >= 15 is 0 Å². The Bertz CT molecular complexity index is 452. The second-order valence-corrected chi connectivity index (χ2v) is 4.75. The monoisotopic (exact) mass is 295 g/mol. The Morgan fingerprint density at radius 2 is 2.14 bits per heavy atom. The average molecular weight is 295 g/mol. The number of anilines is 2. The van der Waals surface area contributed by atoms with E-state index in [1.165, 1.54) is 0 Å². The smallest absolute Gasteiger partial charge is 0.242 e. The standard InChI is InChI=1S/C15H25N3O3/c1-4-8-21-14-10-12(5-6-13(14)16)18-11(2)15(19)17-7-9-20-3/h5-6,10-11,18H,4,7-9,16H2,1-3H3,(H,17,19). The van der Waals surface area contributed by atoms with Crippen LogP contribution in [0.2, 0.25) is 0 Å². The van der Waals surface area contributed by atoms with Crippen LogP contribution in [0.3, 0.4) is 0 Å². The number of nitrogens with one attached hydrogen (secondary N) is 2. The third-order valence-corrected chi connectivity index (χ3v) is 2.86. The molecule has 6 heteroatoms. The van der Waals surface area contributed by atoms with E-state index < -0.39 is 0 Å². The van der Waals surface area contributed by atoms with Gasteiger partial charge < -0.3 is 25.8 Å². The summed E-state index contributed by atoms with van der Waals surface area (Å²) in [5.41, 5.74) is 7.24. The molecule has 1 aromatic rings. The molecule has 0 aliphatic rings. The lowest BCUT2D eigenvalue weighted by molar-refractivity contribution is -0.121. The highest BCUT2D eigenvalue weighted by Crippen LogP contribution is 2.26. The molecule has 0 bridgehead atoms. The molecule has 0 spiro atoms. The van der Waals surface area contributed by atoms with Gasteiger partial charge >= 0.3 is 0 Å². The van der Waals surface area contributed by atoms with Crippen molar-refractivity contribution in [1.82, 2.24) is 5.32 Å². The van der Waals surface area contributed by atoms with Gasteiger partial charge in [0.15, 0.2) is 0 Å². The summed E-state index contributed by atoms with van der Waals surface area (Å²) in [4.78, 5) is 11.9. The third kappa shape index (κ3) is 5.91. The van der Waals surface area contributed by atoms with E-state index in [1.54, 1.807) is 20.1 Å². The molecule has 118 valence electrons. The quantitative estimate of drug-likeness (QED) is 0.476. The van der Waals surface area contributed by atoms with Crippen molar-refractivity contribution in [3.63, 3.8) is 0 Å². The summed E-state index contributed by atoms with van der Waals surface area (Å²) in [6.07, 6.45) is 0.912. The largest absolute Gasteiger partial charge is 0.491 e. The summed E-state index contributed by atoms with van der Waals surface area (Å²) < 4.78 is 10.5. The maximum atomic E-state index is 11.9. The van der Waals surface area contributed by atoms with Gasteiger partial charge in [-0.3, -0.25) is 4.79 Å². The zero-order chi connectivity index (χ0) is 15.7. The molecule has 4 N–H and O–H groups in total. The number of hydrogen-bond acceptors (Lipinski definition) is 5. The van der Waals surface area contributed by atoms with E-state index in [2.05, 4.69) is 10.6 Å². The van der Waals surface area contributed by atoms with E-state index in [0.717, 1.165) is 12.1 Å². The lowest BCUT2D eigenvalue weighted by atomic mass is 10.2. The molecular weight excluding hydrogens is 270 g/mol. The van der Waals surface area contributed by atoms with Gasteiger partial charge in [-0.15, -0.1) is 0 Å². The Labute approximate surface area is 126 Å². The fourth-order valence-corrected chi connectivity index (χ4v) is 1.71. The highest BCUT2D eigenvalue weighted by atomic mass is 16.5. The number of hydrogen-bond donors (Lipinski definition) is 3. The van der Waals surface area contributed by atoms with Crippen LogP contribution in [0.15, 0.2) is 18.2 Å². The van der Waals surface area contributed by atoms with Gasteiger partial charge in [0.1, 0.15) is 11.8 Å². The van der Waals surface area contributed by atoms with Gasteiger partial charge in [-0.2, -0.15) is 0 Å². The summed E-state index contributed by atoms with van der Waals surface area (Å²) in [5.74, 6) is 0.550. The number of carbonyl (C=O) groups excluding carboxylic acids is 1. The van der Waals surface area contributed by atoms with Crippen molar-refractivity contribution in [2.45, 2.75) is 26.3 Å². The van der Waals surface area contributed by atoms with Gasteiger partial charge in [-0.1, -0.05) is 6.92 Å². The van der Waals surface area contributed by atoms with E-state index in [-0.39, 0.29) is 11.9 Å². The summed E-state index contributed by atoms with van der Waals surface area (Å²) in [6.45, 7) is 5.43. The first-order chi connectivity index (χ1) is 10.1. The molecule has 1 atom stereocenters. The zero-order valence-corrected chi connectivity index (χ0v) is 12.9. The third-order valence-electron chi connectivity index (χ3n) is 2.86. The minimum absolute atomic E-state index is 0.0834. The number of ether oxygens (including phenoxy) is 2. The Morgan fingerprint density at radius 1 is 1.38 bits per heavy atom. The van der Waals surface area contributed by atoms with Crippen molar-refractivity contribution in [3.8, 4) is 5.75 Å². The van der Waals surface area contributed by atoms with Crippen LogP contribution in [-0.4, -0.2) is 38.8 Å². The first kappa shape index (κ1) is 17.1. The predicted octanol–water partition coefficient (Wildman–Crippen LogP) is 1.62. The first-order valence-corrected chi connectivity index (χ1v) is 7.14. The van der Waals surface area contributed by atoms with E-state index in [9.17, 15) is 4.79 Å². The molecule has 1 rings (SSSR count). The summed E-state index contributed by atoms with van der Waals surface area (Å²) in [7, 11) is 1.60. The van der Waals surface area contributed by atoms with Crippen LogP contribution in [0.25, 0.3) is 0 Å². The number of rotatable bonds is 9. The number of amides is 1. The Kier molecular flexibility index (Phi) is 7.39. The molecule has 6 nitrogen and oxygen atoms in total. The van der Waals surface area contributed by atoms with Gasteiger partial charge in [0, 0.05) is 25.4 Å². The molecule has 1 amide bonds. The van der Waals surface area contributed by atoms with Gasteiger partial charge in [-0.05, 0) is 25.5 Å². The van der Waals surface area contributed by atoms with Crippen LogP contribution in [-0.2, 0) is 9.53 Å². The number of nitrogens with two attached hydrogens (primary N) is 1. The molecule has 0 fully saturated rings. The molecule has 1 aromatic carbocycles. The SMILES string of the molecule is CCCOc1cc(NC(C)C(=O)NCCOC)ccc1N. The summed E-state index contributed by atoms with van der Waals surface area (Å²) in [5, 5.41) is 5.91. The minimum atomic E-state index is -0.357. The number of methoxy groups -OCH3 is 1. The zero-order valence-electron chi connectivity index (χ0n) is 12.9. The molecule has 0 radical (unpaired) electrons. The maximum absolute atomic E-state index is 11.9. The fraction of sp³-hybridized carbons (Fsp3) is 0.533. The number of benzene rings is 1. The second kappa shape index (κ2) is 9.07.